The minimum atomic E-state index is -0.0262. The third-order valence-electron chi connectivity index (χ3n) is 1.13. The van der Waals surface area contributed by atoms with Crippen molar-refractivity contribution in [2.75, 3.05) is 12.0 Å². The molecule has 0 saturated carbocycles. The van der Waals surface area contributed by atoms with Gasteiger partial charge >= 0.3 is 0 Å². The van der Waals surface area contributed by atoms with Gasteiger partial charge in [-0.15, -0.1) is 0 Å². The largest absolute Gasteiger partial charge is 0.377 e. The average Bonchev–Trinajstić information content (AvgIpc) is 1.95. The molecule has 0 radical (unpaired) electrons. The summed E-state index contributed by atoms with van der Waals surface area (Å²) in [5.41, 5.74) is 0.922. The second-order valence-corrected chi connectivity index (χ2v) is 2.76. The van der Waals surface area contributed by atoms with Crippen LogP contribution < -0.4 is 5.32 Å². The normalized spacial score (nSPS) is 9.40. The van der Waals surface area contributed by atoms with E-state index >= 15 is 0 Å². The van der Waals surface area contributed by atoms with Gasteiger partial charge in [0.25, 0.3) is 0 Å². The van der Waals surface area contributed by atoms with Crippen LogP contribution in [0.4, 0.5) is 5.69 Å². The minimum absolute atomic E-state index is 0.0262. The highest BCUT2D eigenvalue weighted by Crippen LogP contribution is 2.13. The van der Waals surface area contributed by atoms with E-state index in [4.69, 9.17) is 5.11 Å². The van der Waals surface area contributed by atoms with Crippen molar-refractivity contribution in [3.05, 3.63) is 28.7 Å². The molecule has 0 unspecified atom stereocenters. The number of hydrogen-bond acceptors (Lipinski definition) is 2. The molecule has 0 amide bonds. The molecule has 0 aliphatic heterocycles. The van der Waals surface area contributed by atoms with Crippen LogP contribution in [0.25, 0.3) is 0 Å². The van der Waals surface area contributed by atoms with E-state index in [1.807, 2.05) is 24.3 Å². The number of benzene rings is 1. The maximum atomic E-state index is 8.47. The zero-order chi connectivity index (χ0) is 7.40. The van der Waals surface area contributed by atoms with E-state index in [9.17, 15) is 0 Å². The number of aliphatic hydroxyl groups is 1. The first-order chi connectivity index (χ1) is 4.83. The van der Waals surface area contributed by atoms with Gasteiger partial charge in [0.05, 0.1) is 0 Å². The van der Waals surface area contributed by atoms with Crippen molar-refractivity contribution in [1.82, 2.24) is 0 Å². The van der Waals surface area contributed by atoms with Crippen LogP contribution in [0.3, 0.4) is 0 Å². The molecule has 0 aromatic heterocycles. The third kappa shape index (κ3) is 2.01. The molecule has 2 nitrogen and oxygen atoms in total. The van der Waals surface area contributed by atoms with E-state index in [-0.39, 0.29) is 6.73 Å². The molecule has 0 saturated heterocycles. The van der Waals surface area contributed by atoms with Crippen molar-refractivity contribution >= 4 is 21.6 Å². The molecule has 0 aliphatic carbocycles. The zero-order valence-electron chi connectivity index (χ0n) is 5.34. The Bertz CT molecular complexity index is 197. The molecule has 0 bridgehead atoms. The van der Waals surface area contributed by atoms with Crippen molar-refractivity contribution < 1.29 is 5.11 Å². The topological polar surface area (TPSA) is 32.3 Å². The predicted octanol–water partition coefficient (Wildman–Crippen LogP) is 1.81. The van der Waals surface area contributed by atoms with E-state index in [0.717, 1.165) is 10.2 Å². The smallest absolute Gasteiger partial charge is 0.113 e. The SMILES string of the molecule is OCNc1ccc(Br)cc1. The summed E-state index contributed by atoms with van der Waals surface area (Å²) in [5.74, 6) is 0. The fraction of sp³-hybridized carbons (Fsp3) is 0.143. The van der Waals surface area contributed by atoms with Crippen LogP contribution in [0, 0.1) is 0 Å². The highest BCUT2D eigenvalue weighted by Gasteiger charge is 1.87. The quantitative estimate of drug-likeness (QED) is 0.716. The molecule has 10 heavy (non-hydrogen) atoms. The lowest BCUT2D eigenvalue weighted by atomic mass is 10.3. The standard InChI is InChI=1S/C7H8BrNO/c8-6-1-3-7(4-2-6)9-5-10/h1-4,9-10H,5H2. The number of nitrogens with one attached hydrogen (secondary N) is 1. The van der Waals surface area contributed by atoms with E-state index in [2.05, 4.69) is 21.2 Å². The maximum absolute atomic E-state index is 8.47. The number of aliphatic hydroxyl groups excluding tert-OH is 1. The molecule has 1 aromatic carbocycles. The summed E-state index contributed by atoms with van der Waals surface area (Å²) in [4.78, 5) is 0. The summed E-state index contributed by atoms with van der Waals surface area (Å²) in [6.45, 7) is -0.0262. The van der Waals surface area contributed by atoms with E-state index in [1.54, 1.807) is 0 Å². The molecule has 0 spiro atoms. The zero-order valence-corrected chi connectivity index (χ0v) is 6.93. The Balaban J connectivity index is 2.69. The molecule has 0 aliphatic rings. The van der Waals surface area contributed by atoms with Crippen LogP contribution in [-0.4, -0.2) is 11.8 Å². The van der Waals surface area contributed by atoms with Gasteiger partial charge in [-0.1, -0.05) is 15.9 Å². The minimum Gasteiger partial charge on any atom is -0.377 e. The molecular weight excluding hydrogens is 194 g/mol. The van der Waals surface area contributed by atoms with Gasteiger partial charge in [0.15, 0.2) is 0 Å². The van der Waals surface area contributed by atoms with Gasteiger partial charge in [0.1, 0.15) is 6.73 Å². The lowest BCUT2D eigenvalue weighted by molar-refractivity contribution is 0.325. The Morgan fingerprint density at radius 2 is 1.90 bits per heavy atom. The van der Waals surface area contributed by atoms with Gasteiger partial charge < -0.3 is 10.4 Å². The molecule has 2 N–H and O–H groups in total. The van der Waals surface area contributed by atoms with Crippen LogP contribution in [0.2, 0.25) is 0 Å². The van der Waals surface area contributed by atoms with Crippen LogP contribution in [0.15, 0.2) is 28.7 Å². The van der Waals surface area contributed by atoms with Gasteiger partial charge in [-0.2, -0.15) is 0 Å². The molecule has 0 fully saturated rings. The van der Waals surface area contributed by atoms with Gasteiger partial charge in [-0.25, -0.2) is 0 Å². The molecular formula is C7H8BrNO. The highest BCUT2D eigenvalue weighted by molar-refractivity contribution is 9.10. The lowest BCUT2D eigenvalue weighted by Gasteiger charge is -2.00. The monoisotopic (exact) mass is 201 g/mol. The first kappa shape index (κ1) is 7.57. The molecule has 3 heteroatoms. The van der Waals surface area contributed by atoms with Gasteiger partial charge in [-0.05, 0) is 24.3 Å². The number of anilines is 1. The molecule has 0 atom stereocenters. The lowest BCUT2D eigenvalue weighted by Crippen LogP contribution is -1.98. The second-order valence-electron chi connectivity index (χ2n) is 1.84. The van der Waals surface area contributed by atoms with Gasteiger partial charge in [0.2, 0.25) is 0 Å². The van der Waals surface area contributed by atoms with Crippen molar-refractivity contribution in [1.29, 1.82) is 0 Å². The van der Waals surface area contributed by atoms with Gasteiger partial charge in [0, 0.05) is 10.2 Å². The third-order valence-corrected chi connectivity index (χ3v) is 1.66. The molecule has 54 valence electrons. The number of hydrogen-bond donors (Lipinski definition) is 2. The van der Waals surface area contributed by atoms with E-state index in [1.165, 1.54) is 0 Å². The first-order valence-corrected chi connectivity index (χ1v) is 3.72. The Kier molecular flexibility index (Phi) is 2.71. The second kappa shape index (κ2) is 3.58. The summed E-state index contributed by atoms with van der Waals surface area (Å²) < 4.78 is 1.04. The van der Waals surface area contributed by atoms with Crippen molar-refractivity contribution in [2.45, 2.75) is 0 Å². The van der Waals surface area contributed by atoms with Crippen molar-refractivity contribution in [3.63, 3.8) is 0 Å². The Morgan fingerprint density at radius 1 is 1.30 bits per heavy atom. The van der Waals surface area contributed by atoms with E-state index < -0.39 is 0 Å². The first-order valence-electron chi connectivity index (χ1n) is 2.93. The van der Waals surface area contributed by atoms with Crippen molar-refractivity contribution in [3.8, 4) is 0 Å². The molecule has 0 heterocycles. The number of halogens is 1. The van der Waals surface area contributed by atoms with Crippen LogP contribution in [0.5, 0.6) is 0 Å². The van der Waals surface area contributed by atoms with Crippen LogP contribution >= 0.6 is 15.9 Å². The summed E-state index contributed by atoms with van der Waals surface area (Å²) in [5, 5.41) is 11.2. The fourth-order valence-corrected chi connectivity index (χ4v) is 0.923. The van der Waals surface area contributed by atoms with E-state index in [0.29, 0.717) is 0 Å². The highest BCUT2D eigenvalue weighted by atomic mass is 79.9. The maximum Gasteiger partial charge on any atom is 0.113 e. The fourth-order valence-electron chi connectivity index (χ4n) is 0.659. The number of rotatable bonds is 2. The predicted molar refractivity (Wildman–Crippen MR) is 44.9 cm³/mol. The summed E-state index contributed by atoms with van der Waals surface area (Å²) in [7, 11) is 0. The summed E-state index contributed by atoms with van der Waals surface area (Å²) >= 11 is 3.31. The van der Waals surface area contributed by atoms with Crippen LogP contribution in [0.1, 0.15) is 0 Å². The Morgan fingerprint density at radius 3 is 2.40 bits per heavy atom. The Labute approximate surface area is 68.0 Å². The van der Waals surface area contributed by atoms with Gasteiger partial charge in [-0.3, -0.25) is 0 Å². The van der Waals surface area contributed by atoms with Crippen LogP contribution in [-0.2, 0) is 0 Å². The Hall–Kier alpha value is -0.540. The summed E-state index contributed by atoms with van der Waals surface area (Å²) in [6, 6.07) is 7.61. The molecule has 1 rings (SSSR count). The van der Waals surface area contributed by atoms with Crippen molar-refractivity contribution in [2.24, 2.45) is 0 Å². The molecule has 1 aromatic rings. The summed E-state index contributed by atoms with van der Waals surface area (Å²) in [6.07, 6.45) is 0. The average molecular weight is 202 g/mol.